The third kappa shape index (κ3) is 3.96. The molecule has 0 amide bonds. The van der Waals surface area contributed by atoms with Gasteiger partial charge in [-0.15, -0.1) is 0 Å². The van der Waals surface area contributed by atoms with Gasteiger partial charge >= 0.3 is 0 Å². The molecule has 0 aliphatic carbocycles. The first-order valence-corrected chi connectivity index (χ1v) is 12.0. The minimum atomic E-state index is -3.60. The quantitative estimate of drug-likeness (QED) is 0.503. The minimum Gasteiger partial charge on any atom is -0.463 e. The lowest BCUT2D eigenvalue weighted by molar-refractivity contribution is 0.238. The normalized spacial score (nSPS) is 14.9. The molecule has 1 aromatic carbocycles. The van der Waals surface area contributed by atoms with Crippen LogP contribution in [-0.2, 0) is 29.3 Å². The summed E-state index contributed by atoms with van der Waals surface area (Å²) in [6.07, 6.45) is 2.86. The Balaban J connectivity index is 1.66. The van der Waals surface area contributed by atoms with Crippen molar-refractivity contribution >= 4 is 52.7 Å². The summed E-state index contributed by atoms with van der Waals surface area (Å²) >= 11 is 6.77. The molecule has 1 N–H and O–H groups in total. The van der Waals surface area contributed by atoms with Crippen molar-refractivity contribution in [2.45, 2.75) is 24.7 Å². The van der Waals surface area contributed by atoms with Crippen LogP contribution in [0, 0.1) is 0 Å². The highest BCUT2D eigenvalue weighted by Crippen LogP contribution is 2.27. The van der Waals surface area contributed by atoms with Crippen molar-refractivity contribution in [1.29, 1.82) is 0 Å². The van der Waals surface area contributed by atoms with Crippen molar-refractivity contribution in [2.24, 2.45) is 0 Å². The van der Waals surface area contributed by atoms with Crippen molar-refractivity contribution in [3.63, 3.8) is 0 Å². The molecule has 152 valence electrons. The van der Waals surface area contributed by atoms with E-state index in [1.54, 1.807) is 12.1 Å². The van der Waals surface area contributed by atoms with Crippen LogP contribution < -0.4 is 11.0 Å². The largest absolute Gasteiger partial charge is 0.463 e. The number of rotatable bonds is 3. The number of nitrogens with one attached hydrogen (secondary N) is 1. The molecule has 0 bridgehead atoms. The number of sulfone groups is 1. The molecule has 0 fully saturated rings. The summed E-state index contributed by atoms with van der Waals surface area (Å²) in [6.45, 7) is 1.10. The molecule has 0 radical (unpaired) electrons. The SMILES string of the molecule is CS(=O)(=O)c1nc2c(c(=O)[nH]1)CN(Cc1coc3c(Br)cc(Br)cc3c1=O)CC2. The highest BCUT2D eigenvalue weighted by atomic mass is 79.9. The molecule has 0 unspecified atom stereocenters. The van der Waals surface area contributed by atoms with E-state index in [-0.39, 0.29) is 17.1 Å². The monoisotopic (exact) mass is 543 g/mol. The van der Waals surface area contributed by atoms with Gasteiger partial charge in [-0.1, -0.05) is 15.9 Å². The molecule has 2 aromatic heterocycles. The molecule has 1 aliphatic rings. The van der Waals surface area contributed by atoms with E-state index < -0.39 is 15.4 Å². The topological polar surface area (TPSA) is 113 Å². The molecular weight excluding hydrogens is 530 g/mol. The Morgan fingerprint density at radius 2 is 2.03 bits per heavy atom. The number of H-pyrrole nitrogens is 1. The lowest BCUT2D eigenvalue weighted by atomic mass is 10.1. The average Bonchev–Trinajstić information content (AvgIpc) is 2.64. The fourth-order valence-corrected chi connectivity index (χ4v) is 5.20. The predicted octanol–water partition coefficient (Wildman–Crippen LogP) is 2.36. The minimum absolute atomic E-state index is 0.140. The average molecular weight is 545 g/mol. The Morgan fingerprint density at radius 3 is 2.76 bits per heavy atom. The number of hydrogen-bond donors (Lipinski definition) is 1. The number of fused-ring (bicyclic) bond motifs is 2. The number of halogens is 2. The fourth-order valence-electron chi connectivity index (χ4n) is 3.32. The molecule has 29 heavy (non-hydrogen) atoms. The molecule has 11 heteroatoms. The zero-order valence-electron chi connectivity index (χ0n) is 15.2. The first kappa shape index (κ1) is 20.5. The van der Waals surface area contributed by atoms with Gasteiger partial charge in [0.2, 0.25) is 15.0 Å². The van der Waals surface area contributed by atoms with Crippen LogP contribution in [0.15, 0.2) is 46.5 Å². The van der Waals surface area contributed by atoms with Crippen LogP contribution in [0.4, 0.5) is 0 Å². The second-order valence-corrected chi connectivity index (χ2v) is 10.6. The highest BCUT2D eigenvalue weighted by Gasteiger charge is 2.24. The maximum Gasteiger partial charge on any atom is 0.256 e. The zero-order valence-corrected chi connectivity index (χ0v) is 19.1. The molecule has 4 rings (SSSR count). The van der Waals surface area contributed by atoms with Gasteiger partial charge in [0.05, 0.1) is 27.4 Å². The van der Waals surface area contributed by atoms with Crippen LogP contribution in [0.5, 0.6) is 0 Å². The summed E-state index contributed by atoms with van der Waals surface area (Å²) in [6, 6.07) is 3.51. The maximum atomic E-state index is 12.9. The molecular formula is C18H15Br2N3O5S. The zero-order chi connectivity index (χ0) is 20.9. The van der Waals surface area contributed by atoms with Crippen molar-refractivity contribution in [1.82, 2.24) is 14.9 Å². The third-order valence-electron chi connectivity index (χ3n) is 4.73. The van der Waals surface area contributed by atoms with Gasteiger partial charge in [0, 0.05) is 42.3 Å². The van der Waals surface area contributed by atoms with E-state index in [2.05, 4.69) is 41.8 Å². The number of aromatic nitrogens is 2. The summed E-state index contributed by atoms with van der Waals surface area (Å²) in [4.78, 5) is 33.6. The van der Waals surface area contributed by atoms with Crippen LogP contribution >= 0.6 is 31.9 Å². The summed E-state index contributed by atoms with van der Waals surface area (Å²) in [5.41, 5.74) is 1.23. The van der Waals surface area contributed by atoms with Crippen molar-refractivity contribution in [2.75, 3.05) is 12.8 Å². The smallest absolute Gasteiger partial charge is 0.256 e. The third-order valence-corrected chi connectivity index (χ3v) is 6.68. The summed E-state index contributed by atoms with van der Waals surface area (Å²) in [5.74, 6) is 0. The van der Waals surface area contributed by atoms with Crippen LogP contribution in [0.1, 0.15) is 16.8 Å². The molecule has 0 saturated heterocycles. The molecule has 0 saturated carbocycles. The van der Waals surface area contributed by atoms with E-state index in [1.165, 1.54) is 6.26 Å². The summed E-state index contributed by atoms with van der Waals surface area (Å²) < 4.78 is 30.4. The second-order valence-electron chi connectivity index (χ2n) is 6.88. The molecule has 0 atom stereocenters. The van der Waals surface area contributed by atoms with Crippen molar-refractivity contribution in [3.8, 4) is 0 Å². The Bertz CT molecular complexity index is 1360. The van der Waals surface area contributed by atoms with E-state index in [1.807, 2.05) is 4.90 Å². The van der Waals surface area contributed by atoms with E-state index in [0.29, 0.717) is 51.8 Å². The summed E-state index contributed by atoms with van der Waals surface area (Å²) in [7, 11) is -3.60. The van der Waals surface area contributed by atoms with E-state index in [4.69, 9.17) is 4.42 Å². The van der Waals surface area contributed by atoms with Crippen LogP contribution in [0.25, 0.3) is 11.0 Å². The van der Waals surface area contributed by atoms with Gasteiger partial charge < -0.3 is 4.42 Å². The molecule has 0 spiro atoms. The number of benzene rings is 1. The first-order chi connectivity index (χ1) is 13.6. The Hall–Kier alpha value is -1.82. The van der Waals surface area contributed by atoms with Gasteiger partial charge in [0.15, 0.2) is 11.0 Å². The van der Waals surface area contributed by atoms with Crippen molar-refractivity contribution in [3.05, 3.63) is 64.7 Å². The predicted molar refractivity (Wildman–Crippen MR) is 114 cm³/mol. The van der Waals surface area contributed by atoms with Crippen LogP contribution in [0.2, 0.25) is 0 Å². The number of hydrogen-bond acceptors (Lipinski definition) is 7. The van der Waals surface area contributed by atoms with Gasteiger partial charge in [0.25, 0.3) is 5.56 Å². The van der Waals surface area contributed by atoms with Gasteiger partial charge in [0.1, 0.15) is 0 Å². The molecule has 1 aliphatic heterocycles. The standard InChI is InChI=1S/C18H15Br2N3O5S/c1-29(26,27)18-21-14-2-3-23(7-12(14)17(25)22-18)6-9-8-28-16-11(15(9)24)4-10(19)5-13(16)20/h4-5,8H,2-3,6-7H2,1H3,(H,21,22,25). The van der Waals surface area contributed by atoms with Gasteiger partial charge in [-0.3, -0.25) is 19.5 Å². The second kappa shape index (κ2) is 7.46. The molecule has 3 heterocycles. The Labute approximate surface area is 182 Å². The van der Waals surface area contributed by atoms with E-state index in [0.717, 1.165) is 10.7 Å². The first-order valence-electron chi connectivity index (χ1n) is 8.57. The van der Waals surface area contributed by atoms with E-state index >= 15 is 0 Å². The van der Waals surface area contributed by atoms with Crippen LogP contribution in [0.3, 0.4) is 0 Å². The van der Waals surface area contributed by atoms with E-state index in [9.17, 15) is 18.0 Å². The number of aromatic amines is 1. The number of nitrogens with zero attached hydrogens (tertiary/aromatic N) is 2. The Morgan fingerprint density at radius 1 is 1.28 bits per heavy atom. The van der Waals surface area contributed by atoms with Gasteiger partial charge in [-0.2, -0.15) is 0 Å². The lowest BCUT2D eigenvalue weighted by Gasteiger charge is -2.27. The van der Waals surface area contributed by atoms with Crippen LogP contribution in [-0.4, -0.2) is 36.1 Å². The van der Waals surface area contributed by atoms with Gasteiger partial charge in [-0.25, -0.2) is 13.4 Å². The molecule has 3 aromatic rings. The van der Waals surface area contributed by atoms with Gasteiger partial charge in [-0.05, 0) is 28.1 Å². The molecule has 8 nitrogen and oxygen atoms in total. The Kier molecular flexibility index (Phi) is 5.26. The maximum absolute atomic E-state index is 12.9. The van der Waals surface area contributed by atoms with Crippen molar-refractivity contribution < 1.29 is 12.8 Å². The lowest BCUT2D eigenvalue weighted by Crippen LogP contribution is -2.37. The fraction of sp³-hybridized carbons (Fsp3) is 0.278. The highest BCUT2D eigenvalue weighted by molar-refractivity contribution is 9.11. The summed E-state index contributed by atoms with van der Waals surface area (Å²) in [5, 5.41) is 0.138.